The van der Waals surface area contributed by atoms with Crippen molar-refractivity contribution in [2.45, 2.75) is 109 Å². The molecule has 2 N–H and O–H groups in total. The van der Waals surface area contributed by atoms with Crippen LogP contribution >= 0.6 is 0 Å². The summed E-state index contributed by atoms with van der Waals surface area (Å²) in [5.74, 6) is -4.02. The predicted molar refractivity (Wildman–Crippen MR) is 249 cm³/mol. The van der Waals surface area contributed by atoms with Crippen molar-refractivity contribution in [2.75, 3.05) is 32.0 Å². The third-order valence-corrected chi connectivity index (χ3v) is 18.8. The van der Waals surface area contributed by atoms with Crippen molar-refractivity contribution in [3.8, 4) is 11.6 Å². The lowest BCUT2D eigenvalue weighted by Crippen LogP contribution is -2.68. The first-order chi connectivity index (χ1) is 31.0. The van der Waals surface area contributed by atoms with Crippen LogP contribution in [0.5, 0.6) is 11.6 Å². The van der Waals surface area contributed by atoms with E-state index >= 15 is 14.0 Å². The van der Waals surface area contributed by atoms with E-state index in [9.17, 15) is 9.90 Å². The Bertz CT molecular complexity index is 2540. The lowest BCUT2D eigenvalue weighted by Gasteiger charge is -2.55. The van der Waals surface area contributed by atoms with E-state index in [-0.39, 0.29) is 89.3 Å². The van der Waals surface area contributed by atoms with Gasteiger partial charge < -0.3 is 28.8 Å². The van der Waals surface area contributed by atoms with Crippen LogP contribution in [0.4, 0.5) is 10.1 Å². The van der Waals surface area contributed by atoms with Gasteiger partial charge in [0.15, 0.2) is 25.4 Å². The first-order valence-corrected chi connectivity index (χ1v) is 25.7. The van der Waals surface area contributed by atoms with Gasteiger partial charge in [-0.25, -0.2) is 4.39 Å². The van der Waals surface area contributed by atoms with Gasteiger partial charge in [0.2, 0.25) is 17.5 Å². The number of benzene rings is 3. The van der Waals surface area contributed by atoms with Crippen LogP contribution in [0.1, 0.15) is 97.4 Å². The summed E-state index contributed by atoms with van der Waals surface area (Å²) in [5.41, 5.74) is 0.0317. The number of fused-ring (bicyclic) bond motifs is 5. The maximum Gasteiger partial charge on any atom is 0.265 e. The summed E-state index contributed by atoms with van der Waals surface area (Å²) in [5, 5.41) is 19.7. The van der Waals surface area contributed by atoms with Crippen LogP contribution in [-0.4, -0.2) is 84.2 Å². The van der Waals surface area contributed by atoms with Gasteiger partial charge in [0.25, 0.3) is 5.88 Å². The maximum atomic E-state index is 17.6. The van der Waals surface area contributed by atoms with Crippen LogP contribution in [0.15, 0.2) is 83.4 Å². The molecule has 1 saturated carbocycles. The van der Waals surface area contributed by atoms with E-state index in [0.29, 0.717) is 19.6 Å². The fourth-order valence-electron chi connectivity index (χ4n) is 10.0. The number of nitrogens with zero attached hydrogens (tertiary/aromatic N) is 3. The van der Waals surface area contributed by atoms with E-state index in [2.05, 4.69) is 17.1 Å². The summed E-state index contributed by atoms with van der Waals surface area (Å²) in [6.45, 7) is 19.6. The molecule has 5 atom stereocenters. The molecule has 4 aliphatic rings. The van der Waals surface area contributed by atoms with Gasteiger partial charge in [-0.3, -0.25) is 24.2 Å². The standard InChI is InChI=1S/C51H61FN4O8Si/c1-10-23-56(24-11-2)36-27-34-40(52)33-25-32-26-35-42(55(7)12-3)45-39(49(54-63-45)62-29-31-21-17-14-18-22-31)47(59)51(35,64-65(8,9)50(4,5)6)46(58)37(32)43(57)38(33)44(41(34)53-48(36)60)61-28-30-19-15-13-16-20-30/h10,13-22,32,35-36,42,57H,1,11-12,23-29H2,2-9H3,(H,53,60)/t32-,35-,36?,42-,51-/m0/s1. The normalized spacial score (nSPS) is 22.8. The molecule has 0 radical (unpaired) electrons. The molecule has 344 valence electrons. The number of nitrogens with one attached hydrogen (secondary N) is 1. The summed E-state index contributed by atoms with van der Waals surface area (Å²) in [4.78, 5) is 49.9. The Balaban J connectivity index is 1.33. The highest BCUT2D eigenvalue weighted by Crippen LogP contribution is 2.60. The summed E-state index contributed by atoms with van der Waals surface area (Å²) in [7, 11) is -1.13. The van der Waals surface area contributed by atoms with Crippen molar-refractivity contribution in [1.82, 2.24) is 15.0 Å². The Morgan fingerprint density at radius 2 is 1.62 bits per heavy atom. The topological polar surface area (TPSA) is 144 Å². The third kappa shape index (κ3) is 7.85. The number of aromatic nitrogens is 1. The summed E-state index contributed by atoms with van der Waals surface area (Å²) in [6, 6.07) is 17.5. The molecule has 8 rings (SSSR count). The number of hydrogen-bond acceptors (Lipinski definition) is 11. The van der Waals surface area contributed by atoms with E-state index in [0.717, 1.165) is 17.5 Å². The van der Waals surface area contributed by atoms with E-state index in [1.165, 1.54) is 0 Å². The predicted octanol–water partition coefficient (Wildman–Crippen LogP) is 9.41. The molecule has 3 aromatic carbocycles. The highest BCUT2D eigenvalue weighted by molar-refractivity contribution is 6.74. The molecule has 12 nitrogen and oxygen atoms in total. The quantitative estimate of drug-likeness (QED) is 0.0669. The molecule has 0 spiro atoms. The van der Waals surface area contributed by atoms with Gasteiger partial charge in [-0.15, -0.1) is 6.58 Å². The fourth-order valence-corrected chi connectivity index (χ4v) is 11.5. The highest BCUT2D eigenvalue weighted by Gasteiger charge is 2.69. The lowest BCUT2D eigenvalue weighted by atomic mass is 9.57. The molecule has 4 aromatic rings. The van der Waals surface area contributed by atoms with Crippen LogP contribution < -0.4 is 14.8 Å². The molecular formula is C51H61FN4O8Si. The van der Waals surface area contributed by atoms with Gasteiger partial charge in [-0.2, -0.15) is 0 Å². The van der Waals surface area contributed by atoms with Gasteiger partial charge in [0.05, 0.1) is 23.3 Å². The van der Waals surface area contributed by atoms with Crippen LogP contribution in [-0.2, 0) is 40.1 Å². The van der Waals surface area contributed by atoms with Gasteiger partial charge in [0.1, 0.15) is 30.4 Å². The van der Waals surface area contributed by atoms with Gasteiger partial charge >= 0.3 is 0 Å². The highest BCUT2D eigenvalue weighted by atomic mass is 28.4. The average molecular weight is 905 g/mol. The number of ketones is 2. The lowest BCUT2D eigenvalue weighted by molar-refractivity contribution is -0.141. The molecule has 1 fully saturated rings. The van der Waals surface area contributed by atoms with Crippen molar-refractivity contribution < 1.29 is 42.3 Å². The summed E-state index contributed by atoms with van der Waals surface area (Å²) < 4.78 is 43.8. The molecule has 1 aliphatic heterocycles. The number of Topliss-reactive ketones (excluding diaryl/α,β-unsaturated/α-hetero) is 2. The molecule has 65 heavy (non-hydrogen) atoms. The number of carbonyl (C=O) groups is 3. The molecule has 0 saturated heterocycles. The molecule has 2 heterocycles. The van der Waals surface area contributed by atoms with Crippen molar-refractivity contribution in [2.24, 2.45) is 11.8 Å². The second-order valence-corrected chi connectivity index (χ2v) is 24.1. The minimum Gasteiger partial charge on any atom is -0.507 e. The zero-order chi connectivity index (χ0) is 46.6. The van der Waals surface area contributed by atoms with Gasteiger partial charge in [-0.05, 0) is 79.7 Å². The molecule has 3 aliphatic carbocycles. The number of rotatable bonds is 15. The van der Waals surface area contributed by atoms with Crippen molar-refractivity contribution >= 4 is 37.2 Å². The van der Waals surface area contributed by atoms with Crippen LogP contribution in [0.3, 0.4) is 0 Å². The van der Waals surface area contributed by atoms with E-state index < -0.39 is 66.0 Å². The molecule has 1 unspecified atom stereocenters. The first kappa shape index (κ1) is 46.1. The Kier molecular flexibility index (Phi) is 12.6. The van der Waals surface area contributed by atoms with Crippen molar-refractivity contribution in [3.63, 3.8) is 0 Å². The second-order valence-electron chi connectivity index (χ2n) is 19.4. The number of hydrogen-bond donors (Lipinski definition) is 2. The largest absolute Gasteiger partial charge is 0.507 e. The number of ether oxygens (including phenoxy) is 2. The number of anilines is 1. The minimum absolute atomic E-state index is 0.0172. The fraction of sp³-hybridized carbons (Fsp3) is 0.451. The Labute approximate surface area is 381 Å². The maximum absolute atomic E-state index is 17.6. The van der Waals surface area contributed by atoms with E-state index in [4.69, 9.17) is 18.4 Å². The summed E-state index contributed by atoms with van der Waals surface area (Å²) >= 11 is 0. The van der Waals surface area contributed by atoms with Crippen LogP contribution in [0.2, 0.25) is 18.1 Å². The summed E-state index contributed by atoms with van der Waals surface area (Å²) in [6.07, 6.45) is 2.75. The molecule has 14 heteroatoms. The molecule has 1 amide bonds. The number of aliphatic hydroxyl groups is 1. The van der Waals surface area contributed by atoms with Gasteiger partial charge in [-0.1, -0.05) is 101 Å². The Morgan fingerprint density at radius 1 is 0.969 bits per heavy atom. The first-order valence-electron chi connectivity index (χ1n) is 22.8. The average Bonchev–Trinajstić information content (AvgIpc) is 3.70. The molecular weight excluding hydrogens is 844 g/mol. The van der Waals surface area contributed by atoms with Crippen molar-refractivity contribution in [1.29, 1.82) is 0 Å². The zero-order valence-corrected chi connectivity index (χ0v) is 39.8. The van der Waals surface area contributed by atoms with Crippen molar-refractivity contribution in [3.05, 3.63) is 124 Å². The Hall–Kier alpha value is -5.41. The molecule has 0 bridgehead atoms. The monoisotopic (exact) mass is 904 g/mol. The number of amides is 1. The van der Waals surface area contributed by atoms with E-state index in [1.807, 2.05) is 125 Å². The SMILES string of the molecule is C=CCN(CCC)C1Cc2c(F)c3c(c(OCc4ccccc4)c2NC1=O)C(O)=C1C(=O)[C@]2(O[Si](C)(C)C(C)(C)C)C(=O)c4c(OCc5ccccc5)noc4[C@@H](N(C)CC)[C@@H]2C[C@@H]1C3. The van der Waals surface area contributed by atoms with E-state index in [1.54, 1.807) is 6.08 Å². The zero-order valence-electron chi connectivity index (χ0n) is 38.8. The Morgan fingerprint density at radius 3 is 2.22 bits per heavy atom. The number of carbonyl (C=O) groups excluding carboxylic acids is 3. The minimum atomic E-state index is -3.03. The van der Waals surface area contributed by atoms with Crippen LogP contribution in [0.25, 0.3) is 5.76 Å². The molecule has 1 aromatic heterocycles. The van der Waals surface area contributed by atoms with Crippen LogP contribution in [0, 0.1) is 17.7 Å². The van der Waals surface area contributed by atoms with Gasteiger partial charge in [0, 0.05) is 35.6 Å². The number of aliphatic hydroxyl groups excluding tert-OH is 1. The number of halogens is 1. The third-order valence-electron chi connectivity index (χ3n) is 14.4. The second kappa shape index (κ2) is 17.8. The smallest absolute Gasteiger partial charge is 0.265 e.